The number of nitrogens with zero attached hydrogens (tertiary/aromatic N) is 1. The Labute approximate surface area is 171 Å². The van der Waals surface area contributed by atoms with Gasteiger partial charge in [-0.25, -0.2) is 4.79 Å². The van der Waals surface area contributed by atoms with Gasteiger partial charge in [0.15, 0.2) is 6.61 Å². The summed E-state index contributed by atoms with van der Waals surface area (Å²) in [6.45, 7) is 7.59. The van der Waals surface area contributed by atoms with Gasteiger partial charge in [-0.05, 0) is 59.1 Å². The van der Waals surface area contributed by atoms with Crippen LogP contribution in [0.1, 0.15) is 57.3 Å². The van der Waals surface area contributed by atoms with Gasteiger partial charge in [0.2, 0.25) is 5.91 Å². The minimum Gasteiger partial charge on any atom is -0.452 e. The SMILES string of the molecule is CC(C)NC(=O)CSc1ccccc1C(=O)OCC(=O)N1[C@H](C)CCC[C@@H]1C. The lowest BCUT2D eigenvalue weighted by Gasteiger charge is -2.38. The third kappa shape index (κ3) is 6.26. The van der Waals surface area contributed by atoms with Crippen LogP contribution in [0.2, 0.25) is 0 Å². The summed E-state index contributed by atoms with van der Waals surface area (Å²) >= 11 is 1.28. The highest BCUT2D eigenvalue weighted by atomic mass is 32.2. The molecule has 0 saturated carbocycles. The first-order chi connectivity index (χ1) is 13.3. The predicted octanol–water partition coefficient (Wildman–Crippen LogP) is 3.25. The van der Waals surface area contributed by atoms with Crippen LogP contribution in [-0.2, 0) is 14.3 Å². The van der Waals surface area contributed by atoms with Crippen LogP contribution >= 0.6 is 11.8 Å². The number of carbonyl (C=O) groups is 3. The summed E-state index contributed by atoms with van der Waals surface area (Å²) < 4.78 is 5.31. The van der Waals surface area contributed by atoms with Gasteiger partial charge in [0.05, 0.1) is 11.3 Å². The molecule has 0 radical (unpaired) electrons. The maximum atomic E-state index is 12.5. The first kappa shape index (κ1) is 22.3. The predicted molar refractivity (Wildman–Crippen MR) is 110 cm³/mol. The number of likely N-dealkylation sites (tertiary alicyclic amines) is 1. The van der Waals surface area contributed by atoms with E-state index in [-0.39, 0.29) is 42.3 Å². The monoisotopic (exact) mass is 406 g/mol. The summed E-state index contributed by atoms with van der Waals surface area (Å²) in [5.74, 6) is -0.580. The lowest BCUT2D eigenvalue weighted by molar-refractivity contribution is -0.140. The van der Waals surface area contributed by atoms with E-state index in [2.05, 4.69) is 5.32 Å². The molecule has 1 N–H and O–H groups in total. The lowest BCUT2D eigenvalue weighted by Crippen LogP contribution is -2.49. The average molecular weight is 407 g/mol. The van der Waals surface area contributed by atoms with Gasteiger partial charge in [-0.1, -0.05) is 12.1 Å². The molecule has 1 aromatic carbocycles. The molecule has 0 unspecified atom stereocenters. The third-order valence-electron chi connectivity index (χ3n) is 4.72. The van der Waals surface area contributed by atoms with Gasteiger partial charge >= 0.3 is 5.97 Å². The Morgan fingerprint density at radius 1 is 1.18 bits per heavy atom. The number of hydrogen-bond donors (Lipinski definition) is 1. The highest BCUT2D eigenvalue weighted by Gasteiger charge is 2.29. The minimum atomic E-state index is -0.543. The number of carbonyl (C=O) groups excluding carboxylic acids is 3. The summed E-state index contributed by atoms with van der Waals surface area (Å²) in [5, 5.41) is 2.82. The second-order valence-electron chi connectivity index (χ2n) is 7.51. The topological polar surface area (TPSA) is 75.7 Å². The van der Waals surface area contributed by atoms with E-state index in [1.165, 1.54) is 11.8 Å². The van der Waals surface area contributed by atoms with Gasteiger partial charge in [-0.2, -0.15) is 0 Å². The summed E-state index contributed by atoms with van der Waals surface area (Å²) in [6, 6.07) is 7.38. The first-order valence-corrected chi connectivity index (χ1v) is 10.8. The van der Waals surface area contributed by atoms with E-state index >= 15 is 0 Å². The van der Waals surface area contributed by atoms with E-state index in [0.29, 0.717) is 10.5 Å². The molecule has 154 valence electrons. The zero-order chi connectivity index (χ0) is 20.7. The fraction of sp³-hybridized carbons (Fsp3) is 0.571. The summed E-state index contributed by atoms with van der Waals surface area (Å²) in [4.78, 5) is 39.4. The molecular formula is C21H30N2O4S. The quantitative estimate of drug-likeness (QED) is 0.556. The van der Waals surface area contributed by atoms with Gasteiger partial charge in [0.25, 0.3) is 5.91 Å². The Hall–Kier alpha value is -2.02. The Morgan fingerprint density at radius 3 is 2.46 bits per heavy atom. The van der Waals surface area contributed by atoms with Crippen LogP contribution in [-0.4, -0.2) is 53.2 Å². The number of piperidine rings is 1. The molecule has 7 heteroatoms. The van der Waals surface area contributed by atoms with Crippen LogP contribution in [0.15, 0.2) is 29.2 Å². The number of amides is 2. The van der Waals surface area contributed by atoms with Crippen LogP contribution in [0.25, 0.3) is 0 Å². The van der Waals surface area contributed by atoms with E-state index in [1.807, 2.05) is 38.7 Å². The van der Waals surface area contributed by atoms with E-state index in [0.717, 1.165) is 19.3 Å². The third-order valence-corrected chi connectivity index (χ3v) is 5.80. The molecule has 6 nitrogen and oxygen atoms in total. The molecule has 1 aliphatic rings. The van der Waals surface area contributed by atoms with Gasteiger partial charge < -0.3 is 15.0 Å². The standard InChI is InChI=1S/C21H30N2O4S/c1-14(2)22-19(24)13-28-18-11-6-5-10-17(18)21(26)27-12-20(25)23-15(3)8-7-9-16(23)4/h5-6,10-11,14-16H,7-9,12-13H2,1-4H3,(H,22,24)/t15-,16+. The molecular weight excluding hydrogens is 376 g/mol. The van der Waals surface area contributed by atoms with Crippen LogP contribution in [0.4, 0.5) is 0 Å². The minimum absolute atomic E-state index is 0.0684. The normalized spacial score (nSPS) is 19.4. The zero-order valence-corrected chi connectivity index (χ0v) is 17.9. The Kier molecular flexibility index (Phi) is 8.35. The van der Waals surface area contributed by atoms with E-state index < -0.39 is 5.97 Å². The Morgan fingerprint density at radius 2 is 1.82 bits per heavy atom. The van der Waals surface area contributed by atoms with Crippen molar-refractivity contribution in [2.24, 2.45) is 0 Å². The van der Waals surface area contributed by atoms with Crippen molar-refractivity contribution in [1.82, 2.24) is 10.2 Å². The van der Waals surface area contributed by atoms with Crippen LogP contribution in [0, 0.1) is 0 Å². The number of rotatable bonds is 7. The number of ether oxygens (including phenoxy) is 1. The summed E-state index contributed by atoms with van der Waals surface area (Å²) in [7, 11) is 0. The largest absolute Gasteiger partial charge is 0.452 e. The molecule has 0 bridgehead atoms. The molecule has 1 fully saturated rings. The first-order valence-electron chi connectivity index (χ1n) is 9.79. The maximum Gasteiger partial charge on any atom is 0.339 e. The fourth-order valence-electron chi connectivity index (χ4n) is 3.46. The van der Waals surface area contributed by atoms with E-state index in [9.17, 15) is 14.4 Å². The van der Waals surface area contributed by atoms with E-state index in [4.69, 9.17) is 4.74 Å². The van der Waals surface area contributed by atoms with Crippen molar-refractivity contribution in [1.29, 1.82) is 0 Å². The van der Waals surface area contributed by atoms with Crippen molar-refractivity contribution in [3.05, 3.63) is 29.8 Å². The average Bonchev–Trinajstić information content (AvgIpc) is 2.64. The molecule has 2 rings (SSSR count). The van der Waals surface area contributed by atoms with Crippen molar-refractivity contribution in [2.45, 2.75) is 70.0 Å². The molecule has 2 atom stereocenters. The van der Waals surface area contributed by atoms with Crippen LogP contribution in [0.3, 0.4) is 0 Å². The molecule has 1 aliphatic heterocycles. The summed E-state index contributed by atoms with van der Waals surface area (Å²) in [6.07, 6.45) is 3.06. The number of nitrogens with one attached hydrogen (secondary N) is 1. The van der Waals surface area contributed by atoms with Gasteiger partial charge in [-0.15, -0.1) is 11.8 Å². The molecule has 0 spiro atoms. The maximum absolute atomic E-state index is 12.5. The number of benzene rings is 1. The smallest absolute Gasteiger partial charge is 0.339 e. The van der Waals surface area contributed by atoms with E-state index in [1.54, 1.807) is 18.2 Å². The Balaban J connectivity index is 1.95. The molecule has 2 amide bonds. The second kappa shape index (κ2) is 10.5. The molecule has 28 heavy (non-hydrogen) atoms. The van der Waals surface area contributed by atoms with Crippen molar-refractivity contribution < 1.29 is 19.1 Å². The highest BCUT2D eigenvalue weighted by Crippen LogP contribution is 2.24. The lowest BCUT2D eigenvalue weighted by atomic mass is 9.97. The number of thioether (sulfide) groups is 1. The van der Waals surface area contributed by atoms with Crippen LogP contribution < -0.4 is 5.32 Å². The van der Waals surface area contributed by atoms with Gasteiger partial charge in [0.1, 0.15) is 0 Å². The van der Waals surface area contributed by atoms with Gasteiger partial charge in [-0.3, -0.25) is 9.59 Å². The zero-order valence-electron chi connectivity index (χ0n) is 17.1. The molecule has 0 aromatic heterocycles. The van der Waals surface area contributed by atoms with Crippen molar-refractivity contribution in [3.8, 4) is 0 Å². The summed E-state index contributed by atoms with van der Waals surface area (Å²) in [5.41, 5.74) is 0.373. The molecule has 1 aromatic rings. The number of esters is 1. The Bertz CT molecular complexity index is 697. The molecule has 1 heterocycles. The van der Waals surface area contributed by atoms with Crippen molar-refractivity contribution in [2.75, 3.05) is 12.4 Å². The molecule has 1 saturated heterocycles. The fourth-order valence-corrected chi connectivity index (χ4v) is 4.31. The van der Waals surface area contributed by atoms with Gasteiger partial charge in [0, 0.05) is 23.0 Å². The number of hydrogen-bond acceptors (Lipinski definition) is 5. The molecule has 0 aliphatic carbocycles. The van der Waals surface area contributed by atoms with Crippen molar-refractivity contribution >= 4 is 29.5 Å². The highest BCUT2D eigenvalue weighted by molar-refractivity contribution is 8.00. The second-order valence-corrected chi connectivity index (χ2v) is 8.53. The van der Waals surface area contributed by atoms with Crippen molar-refractivity contribution in [3.63, 3.8) is 0 Å². The van der Waals surface area contributed by atoms with Crippen LogP contribution in [0.5, 0.6) is 0 Å².